The third kappa shape index (κ3) is 68.7. The zero-order valence-corrected chi connectivity index (χ0v) is 54.7. The maximum Gasteiger partial charge on any atom is 0.306 e. The number of unbranched alkanes of at least 4 members (excludes halogenated alkanes) is 35. The summed E-state index contributed by atoms with van der Waals surface area (Å²) >= 11 is 0. The lowest BCUT2D eigenvalue weighted by molar-refractivity contribution is -0.167. The van der Waals surface area contributed by atoms with Crippen LogP contribution < -0.4 is 0 Å². The summed E-state index contributed by atoms with van der Waals surface area (Å²) in [5.74, 6) is -0.894. The fraction of sp³-hybridized carbons (Fsp3) is 0.727. The number of hydrogen-bond acceptors (Lipinski definition) is 6. The monoisotopic (exact) mass is 1150 g/mol. The van der Waals surface area contributed by atoms with Crippen LogP contribution in [-0.4, -0.2) is 37.2 Å². The Labute approximate surface area is 514 Å². The van der Waals surface area contributed by atoms with Crippen LogP contribution >= 0.6 is 0 Å². The Hall–Kier alpha value is -3.93. The van der Waals surface area contributed by atoms with Gasteiger partial charge in [-0.2, -0.15) is 0 Å². The second-order valence-electron chi connectivity index (χ2n) is 23.4. The first-order valence-electron chi connectivity index (χ1n) is 35.4. The van der Waals surface area contributed by atoms with E-state index < -0.39 is 6.10 Å². The van der Waals surface area contributed by atoms with E-state index in [1.807, 2.05) is 0 Å². The lowest BCUT2D eigenvalue weighted by atomic mass is 10.0. The highest BCUT2D eigenvalue weighted by molar-refractivity contribution is 5.71. The largest absolute Gasteiger partial charge is 0.462 e. The molecule has 0 aliphatic rings. The highest BCUT2D eigenvalue weighted by Gasteiger charge is 2.19. The lowest BCUT2D eigenvalue weighted by Crippen LogP contribution is -2.30. The normalized spacial score (nSPS) is 12.8. The molecule has 0 saturated carbocycles. The van der Waals surface area contributed by atoms with Crippen LogP contribution in [0.1, 0.15) is 342 Å². The molecule has 0 aromatic rings. The van der Waals surface area contributed by atoms with Crippen LogP contribution in [0.25, 0.3) is 0 Å². The Bertz CT molecular complexity index is 1660. The molecule has 0 heterocycles. The number of rotatable bonds is 64. The van der Waals surface area contributed by atoms with Gasteiger partial charge in [0.25, 0.3) is 0 Å². The molecule has 0 fully saturated rings. The molecule has 0 bridgehead atoms. The van der Waals surface area contributed by atoms with Crippen molar-refractivity contribution in [1.29, 1.82) is 0 Å². The van der Waals surface area contributed by atoms with Gasteiger partial charge in [-0.25, -0.2) is 0 Å². The van der Waals surface area contributed by atoms with Crippen molar-refractivity contribution in [3.63, 3.8) is 0 Å². The molecule has 0 aliphatic carbocycles. The molecular weight excluding hydrogens is 1020 g/mol. The maximum absolute atomic E-state index is 12.9. The van der Waals surface area contributed by atoms with Gasteiger partial charge in [-0.1, -0.05) is 304 Å². The number of ether oxygens (including phenoxy) is 3. The number of hydrogen-bond donors (Lipinski definition) is 0. The smallest absolute Gasteiger partial charge is 0.306 e. The van der Waals surface area contributed by atoms with Crippen LogP contribution in [0.4, 0.5) is 0 Å². The first kappa shape index (κ1) is 79.1. The summed E-state index contributed by atoms with van der Waals surface area (Å²) in [5, 5.41) is 0. The number of carbonyl (C=O) groups is 3. The van der Waals surface area contributed by atoms with E-state index in [9.17, 15) is 14.4 Å². The first-order chi connectivity index (χ1) is 41.0. The Morgan fingerprint density at radius 2 is 0.470 bits per heavy atom. The van der Waals surface area contributed by atoms with E-state index >= 15 is 0 Å². The third-order valence-electron chi connectivity index (χ3n) is 15.2. The van der Waals surface area contributed by atoms with Crippen LogP contribution in [0.2, 0.25) is 0 Å². The second-order valence-corrected chi connectivity index (χ2v) is 23.4. The summed E-state index contributed by atoms with van der Waals surface area (Å²) < 4.78 is 17.0. The minimum atomic E-state index is -0.790. The van der Waals surface area contributed by atoms with Gasteiger partial charge in [-0.3, -0.25) is 14.4 Å². The van der Waals surface area contributed by atoms with E-state index in [0.29, 0.717) is 19.3 Å². The van der Waals surface area contributed by atoms with Crippen LogP contribution in [0, 0.1) is 0 Å². The van der Waals surface area contributed by atoms with Gasteiger partial charge in [0.1, 0.15) is 13.2 Å². The van der Waals surface area contributed by atoms with E-state index in [-0.39, 0.29) is 31.1 Å². The van der Waals surface area contributed by atoms with Crippen molar-refractivity contribution < 1.29 is 28.6 Å². The van der Waals surface area contributed by atoms with Gasteiger partial charge in [0.05, 0.1) is 0 Å². The Balaban J connectivity index is 4.25. The third-order valence-corrected chi connectivity index (χ3v) is 15.2. The van der Waals surface area contributed by atoms with E-state index in [2.05, 4.69) is 130 Å². The predicted molar refractivity (Wildman–Crippen MR) is 362 cm³/mol. The molecule has 0 rings (SSSR count). The first-order valence-corrected chi connectivity index (χ1v) is 35.4. The zero-order valence-electron chi connectivity index (χ0n) is 54.7. The van der Waals surface area contributed by atoms with Crippen molar-refractivity contribution in [1.82, 2.24) is 0 Å². The van der Waals surface area contributed by atoms with Gasteiger partial charge in [0.2, 0.25) is 0 Å². The van der Waals surface area contributed by atoms with Crippen LogP contribution in [0.5, 0.6) is 0 Å². The van der Waals surface area contributed by atoms with E-state index in [1.54, 1.807) is 0 Å². The molecule has 83 heavy (non-hydrogen) atoms. The molecule has 0 aromatic carbocycles. The quantitative estimate of drug-likeness (QED) is 0.0261. The molecule has 0 radical (unpaired) electrons. The molecular formula is C77H132O6. The summed E-state index contributed by atoms with van der Waals surface area (Å²) in [5.41, 5.74) is 0. The molecule has 0 N–H and O–H groups in total. The van der Waals surface area contributed by atoms with E-state index in [4.69, 9.17) is 14.2 Å². The lowest BCUT2D eigenvalue weighted by Gasteiger charge is -2.18. The summed E-state index contributed by atoms with van der Waals surface area (Å²) in [6.45, 7) is 6.52. The van der Waals surface area contributed by atoms with Crippen LogP contribution in [0.15, 0.2) is 109 Å². The highest BCUT2D eigenvalue weighted by atomic mass is 16.6. The zero-order chi connectivity index (χ0) is 59.9. The molecule has 0 spiro atoms. The molecule has 0 saturated heterocycles. The number of carbonyl (C=O) groups excluding carboxylic acids is 3. The minimum Gasteiger partial charge on any atom is -0.462 e. The van der Waals surface area contributed by atoms with Gasteiger partial charge >= 0.3 is 17.9 Å². The number of esters is 3. The SMILES string of the molecule is CC/C=C\C/C=C\C/C=C\C/C=C\C/C=C\C/C=C\CCCCCCCCCCCCCCCCC(=O)OCC(COC(=O)CCCCCCC/C=C\CCCCCCCCC)OC(=O)CCCCCCC/C=C\C/C=C\CCCCCC. The van der Waals surface area contributed by atoms with Gasteiger partial charge in [0, 0.05) is 19.3 Å². The molecule has 1 unspecified atom stereocenters. The van der Waals surface area contributed by atoms with Crippen molar-refractivity contribution in [2.45, 2.75) is 348 Å². The summed E-state index contributed by atoms with van der Waals surface area (Å²) in [6.07, 6.45) is 96.8. The molecule has 1 atom stereocenters. The Kier molecular flexibility index (Phi) is 67.2. The van der Waals surface area contributed by atoms with Crippen LogP contribution in [0.3, 0.4) is 0 Å². The van der Waals surface area contributed by atoms with Crippen molar-refractivity contribution in [2.75, 3.05) is 13.2 Å². The molecule has 6 heteroatoms. The van der Waals surface area contributed by atoms with E-state index in [1.165, 1.54) is 173 Å². The standard InChI is InChI=1S/C77H132O6/c1-4-7-10-13-16-19-22-25-28-31-32-33-34-35-36-37-38-39-40-41-42-43-44-45-46-47-50-52-55-58-61-64-67-70-76(79)82-73-74(83-77(80)71-68-65-62-59-56-53-49-30-27-24-21-18-15-12-9-6-3)72-81-75(78)69-66-63-60-57-54-51-48-29-26-23-20-17-14-11-8-5-2/h7,10,16,19,21,24-25,28-30,32-33,35-36,38-39,48-49,74H,4-6,8-9,11-15,17-18,20,22-23,26-27,31,34,37,40-47,50-73H2,1-3H3/b10-7-,19-16-,24-21-,28-25-,33-32-,36-35-,39-38-,48-29-,49-30-. The average molecular weight is 1150 g/mol. The Morgan fingerprint density at radius 1 is 0.253 bits per heavy atom. The highest BCUT2D eigenvalue weighted by Crippen LogP contribution is 2.17. The van der Waals surface area contributed by atoms with Crippen molar-refractivity contribution in [2.24, 2.45) is 0 Å². The average Bonchev–Trinajstić information content (AvgIpc) is 3.49. The van der Waals surface area contributed by atoms with Crippen molar-refractivity contribution in [3.05, 3.63) is 109 Å². The number of allylic oxidation sites excluding steroid dienone is 18. The van der Waals surface area contributed by atoms with Crippen LogP contribution in [-0.2, 0) is 28.6 Å². The van der Waals surface area contributed by atoms with Gasteiger partial charge in [0.15, 0.2) is 6.10 Å². The topological polar surface area (TPSA) is 78.9 Å². The van der Waals surface area contributed by atoms with Crippen molar-refractivity contribution in [3.8, 4) is 0 Å². The second kappa shape index (κ2) is 70.6. The minimum absolute atomic E-state index is 0.0846. The fourth-order valence-corrected chi connectivity index (χ4v) is 9.94. The van der Waals surface area contributed by atoms with Crippen molar-refractivity contribution >= 4 is 17.9 Å². The molecule has 0 aromatic heterocycles. The molecule has 0 amide bonds. The summed E-state index contributed by atoms with van der Waals surface area (Å²) in [4.78, 5) is 38.4. The summed E-state index contributed by atoms with van der Waals surface area (Å²) in [6, 6.07) is 0. The van der Waals surface area contributed by atoms with Gasteiger partial charge in [-0.05, 0) is 128 Å². The Morgan fingerprint density at radius 3 is 0.759 bits per heavy atom. The molecule has 0 aliphatic heterocycles. The summed E-state index contributed by atoms with van der Waals surface area (Å²) in [7, 11) is 0. The molecule has 6 nitrogen and oxygen atoms in total. The predicted octanol–water partition coefficient (Wildman–Crippen LogP) is 24.6. The maximum atomic E-state index is 12.9. The fourth-order valence-electron chi connectivity index (χ4n) is 9.94. The van der Waals surface area contributed by atoms with E-state index in [0.717, 1.165) is 128 Å². The van der Waals surface area contributed by atoms with Gasteiger partial charge < -0.3 is 14.2 Å². The molecule has 476 valence electrons. The van der Waals surface area contributed by atoms with Gasteiger partial charge in [-0.15, -0.1) is 0 Å².